The Kier molecular flexibility index (Phi) is 4.34. The summed E-state index contributed by atoms with van der Waals surface area (Å²) in [6, 6.07) is 20.0. The van der Waals surface area contributed by atoms with E-state index in [4.69, 9.17) is 0 Å². The van der Waals surface area contributed by atoms with Gasteiger partial charge in [-0.2, -0.15) is 4.98 Å². The van der Waals surface area contributed by atoms with Crippen LogP contribution in [0.2, 0.25) is 0 Å². The van der Waals surface area contributed by atoms with Crippen LogP contribution in [0.1, 0.15) is 0 Å². The highest BCUT2D eigenvalue weighted by Gasteiger charge is 2.06. The number of rotatable bonds is 4. The first kappa shape index (κ1) is 14.5. The fourth-order valence-electron chi connectivity index (χ4n) is 2.09. The van der Waals surface area contributed by atoms with Gasteiger partial charge >= 0.3 is 0 Å². The van der Waals surface area contributed by atoms with Crippen LogP contribution in [0.25, 0.3) is 11.3 Å². The van der Waals surface area contributed by atoms with Crippen molar-refractivity contribution in [1.82, 2.24) is 9.97 Å². The molecule has 2 aromatic carbocycles. The van der Waals surface area contributed by atoms with E-state index in [0.717, 1.165) is 27.2 Å². The molecular formula is C17H15BrN4. The smallest absolute Gasteiger partial charge is 0.224 e. The maximum Gasteiger partial charge on any atom is 0.224 e. The van der Waals surface area contributed by atoms with Gasteiger partial charge in [0, 0.05) is 28.8 Å². The molecule has 0 saturated carbocycles. The van der Waals surface area contributed by atoms with Crippen molar-refractivity contribution in [2.24, 2.45) is 0 Å². The Morgan fingerprint density at radius 3 is 2.45 bits per heavy atom. The average molecular weight is 355 g/mol. The van der Waals surface area contributed by atoms with E-state index in [1.807, 2.05) is 67.7 Å². The molecule has 0 aliphatic carbocycles. The SMILES string of the molecule is CNc1nc(Nc2cccc(Br)c2)cc(-c2ccccc2)n1. The molecule has 2 N–H and O–H groups in total. The van der Waals surface area contributed by atoms with E-state index in [1.165, 1.54) is 0 Å². The molecule has 3 aromatic rings. The molecule has 0 aliphatic rings. The summed E-state index contributed by atoms with van der Waals surface area (Å²) in [5.41, 5.74) is 2.89. The van der Waals surface area contributed by atoms with Gasteiger partial charge in [0.1, 0.15) is 5.82 Å². The molecule has 0 saturated heterocycles. The van der Waals surface area contributed by atoms with Crippen LogP contribution in [0.4, 0.5) is 17.5 Å². The minimum absolute atomic E-state index is 0.582. The van der Waals surface area contributed by atoms with Crippen molar-refractivity contribution in [2.45, 2.75) is 0 Å². The average Bonchev–Trinajstić information content (AvgIpc) is 2.55. The summed E-state index contributed by atoms with van der Waals surface area (Å²) in [7, 11) is 1.81. The van der Waals surface area contributed by atoms with Crippen molar-refractivity contribution in [2.75, 3.05) is 17.7 Å². The summed E-state index contributed by atoms with van der Waals surface area (Å²) in [5.74, 6) is 1.33. The van der Waals surface area contributed by atoms with E-state index in [2.05, 4.69) is 36.5 Å². The summed E-state index contributed by atoms with van der Waals surface area (Å²) in [4.78, 5) is 8.96. The van der Waals surface area contributed by atoms with Gasteiger partial charge < -0.3 is 10.6 Å². The molecule has 0 bridgehead atoms. The minimum Gasteiger partial charge on any atom is -0.357 e. The molecule has 110 valence electrons. The predicted octanol–water partition coefficient (Wildman–Crippen LogP) is 4.69. The Hall–Kier alpha value is -2.40. The molecule has 0 unspecified atom stereocenters. The van der Waals surface area contributed by atoms with Crippen LogP contribution >= 0.6 is 15.9 Å². The van der Waals surface area contributed by atoms with Crippen LogP contribution in [-0.2, 0) is 0 Å². The first-order valence-electron chi connectivity index (χ1n) is 6.89. The van der Waals surface area contributed by atoms with Crippen molar-refractivity contribution >= 4 is 33.4 Å². The van der Waals surface area contributed by atoms with Crippen LogP contribution in [0.3, 0.4) is 0 Å². The Labute approximate surface area is 137 Å². The molecule has 4 nitrogen and oxygen atoms in total. The van der Waals surface area contributed by atoms with E-state index < -0.39 is 0 Å². The molecule has 0 atom stereocenters. The highest BCUT2D eigenvalue weighted by Crippen LogP contribution is 2.24. The second-order valence-electron chi connectivity index (χ2n) is 4.71. The standard InChI is InChI=1S/C17H15BrN4/c1-19-17-21-15(12-6-3-2-4-7-12)11-16(22-17)20-14-9-5-8-13(18)10-14/h2-11H,1H3,(H2,19,20,21,22). The zero-order valence-electron chi connectivity index (χ0n) is 12.0. The van der Waals surface area contributed by atoms with Gasteiger partial charge in [-0.3, -0.25) is 0 Å². The third kappa shape index (κ3) is 3.43. The fourth-order valence-corrected chi connectivity index (χ4v) is 2.49. The quantitative estimate of drug-likeness (QED) is 0.713. The number of benzene rings is 2. The van der Waals surface area contributed by atoms with Gasteiger partial charge in [-0.15, -0.1) is 0 Å². The van der Waals surface area contributed by atoms with Crippen molar-refractivity contribution in [3.8, 4) is 11.3 Å². The third-order valence-electron chi connectivity index (χ3n) is 3.12. The summed E-state index contributed by atoms with van der Waals surface area (Å²) >= 11 is 3.47. The van der Waals surface area contributed by atoms with Crippen LogP contribution in [0.15, 0.2) is 65.1 Å². The van der Waals surface area contributed by atoms with Gasteiger partial charge in [0.25, 0.3) is 0 Å². The number of anilines is 3. The van der Waals surface area contributed by atoms with Crippen molar-refractivity contribution < 1.29 is 0 Å². The molecule has 0 radical (unpaired) electrons. The topological polar surface area (TPSA) is 49.8 Å². The second-order valence-corrected chi connectivity index (χ2v) is 5.63. The molecule has 0 fully saturated rings. The van der Waals surface area contributed by atoms with Crippen molar-refractivity contribution in [1.29, 1.82) is 0 Å². The van der Waals surface area contributed by atoms with Gasteiger partial charge in [-0.1, -0.05) is 52.3 Å². The Morgan fingerprint density at radius 1 is 0.909 bits per heavy atom. The normalized spacial score (nSPS) is 10.3. The Bertz CT molecular complexity index is 775. The van der Waals surface area contributed by atoms with Crippen molar-refractivity contribution in [3.63, 3.8) is 0 Å². The largest absolute Gasteiger partial charge is 0.357 e. The lowest BCUT2D eigenvalue weighted by Crippen LogP contribution is -2.02. The molecule has 5 heteroatoms. The number of nitrogens with one attached hydrogen (secondary N) is 2. The van der Waals surface area contributed by atoms with Gasteiger partial charge in [0.15, 0.2) is 0 Å². The number of aromatic nitrogens is 2. The maximum absolute atomic E-state index is 4.51. The van der Waals surface area contributed by atoms with E-state index in [9.17, 15) is 0 Å². The van der Waals surface area contributed by atoms with Crippen LogP contribution < -0.4 is 10.6 Å². The summed E-state index contributed by atoms with van der Waals surface area (Å²) in [5, 5.41) is 6.31. The lowest BCUT2D eigenvalue weighted by atomic mass is 10.1. The molecule has 0 spiro atoms. The monoisotopic (exact) mass is 354 g/mol. The highest BCUT2D eigenvalue weighted by molar-refractivity contribution is 9.10. The van der Waals surface area contributed by atoms with Gasteiger partial charge in [0.2, 0.25) is 5.95 Å². The number of halogens is 1. The fraction of sp³-hybridized carbons (Fsp3) is 0.0588. The highest BCUT2D eigenvalue weighted by atomic mass is 79.9. The Morgan fingerprint density at radius 2 is 1.73 bits per heavy atom. The number of nitrogens with zero attached hydrogens (tertiary/aromatic N) is 2. The molecular weight excluding hydrogens is 340 g/mol. The van der Waals surface area contributed by atoms with E-state index >= 15 is 0 Å². The predicted molar refractivity (Wildman–Crippen MR) is 94.4 cm³/mol. The second kappa shape index (κ2) is 6.58. The third-order valence-corrected chi connectivity index (χ3v) is 3.61. The van der Waals surface area contributed by atoms with E-state index in [0.29, 0.717) is 5.95 Å². The minimum atomic E-state index is 0.582. The molecule has 22 heavy (non-hydrogen) atoms. The zero-order chi connectivity index (χ0) is 15.4. The molecule has 0 aliphatic heterocycles. The van der Waals surface area contributed by atoms with Crippen molar-refractivity contribution in [3.05, 3.63) is 65.1 Å². The maximum atomic E-state index is 4.51. The molecule has 0 amide bonds. The lowest BCUT2D eigenvalue weighted by molar-refractivity contribution is 1.15. The number of hydrogen-bond donors (Lipinski definition) is 2. The van der Waals surface area contributed by atoms with E-state index in [-0.39, 0.29) is 0 Å². The van der Waals surface area contributed by atoms with Crippen LogP contribution in [-0.4, -0.2) is 17.0 Å². The Balaban J connectivity index is 1.97. The summed E-state index contributed by atoms with van der Waals surface area (Å²) in [6.45, 7) is 0. The lowest BCUT2D eigenvalue weighted by Gasteiger charge is -2.10. The summed E-state index contributed by atoms with van der Waals surface area (Å²) in [6.07, 6.45) is 0. The van der Waals surface area contributed by atoms with Gasteiger partial charge in [0.05, 0.1) is 5.69 Å². The first-order chi connectivity index (χ1) is 10.7. The molecule has 3 rings (SSSR count). The molecule has 1 aromatic heterocycles. The molecule has 1 heterocycles. The van der Waals surface area contributed by atoms with Crippen LogP contribution in [0.5, 0.6) is 0 Å². The van der Waals surface area contributed by atoms with Gasteiger partial charge in [-0.05, 0) is 18.2 Å². The zero-order valence-corrected chi connectivity index (χ0v) is 13.6. The van der Waals surface area contributed by atoms with Crippen LogP contribution in [0, 0.1) is 0 Å². The number of hydrogen-bond acceptors (Lipinski definition) is 4. The van der Waals surface area contributed by atoms with Gasteiger partial charge in [-0.25, -0.2) is 4.98 Å². The first-order valence-corrected chi connectivity index (χ1v) is 7.69. The summed E-state index contributed by atoms with van der Waals surface area (Å²) < 4.78 is 1.02. The van der Waals surface area contributed by atoms with E-state index in [1.54, 1.807) is 0 Å².